The number of rotatable bonds is 14. The second-order valence-corrected chi connectivity index (χ2v) is 7.22. The molecule has 0 spiro atoms. The van der Waals surface area contributed by atoms with Crippen LogP contribution in [0.3, 0.4) is 0 Å². The largest absolute Gasteiger partial charge is 1.00 e. The van der Waals surface area contributed by atoms with Crippen LogP contribution in [0.2, 0.25) is 0 Å². The fourth-order valence-corrected chi connectivity index (χ4v) is 2.27. The van der Waals surface area contributed by atoms with Gasteiger partial charge < -0.3 is 21.7 Å². The van der Waals surface area contributed by atoms with Gasteiger partial charge in [-0.2, -0.15) is 0 Å². The molecule has 134 valence electrons. The molecule has 4 heteroatoms. The Morgan fingerprint density at radius 1 is 0.773 bits per heavy atom. The maximum atomic E-state index is 11.5. The van der Waals surface area contributed by atoms with E-state index in [0.717, 1.165) is 12.8 Å². The van der Waals surface area contributed by atoms with E-state index in [0.29, 0.717) is 17.6 Å². The normalized spacial score (nSPS) is 11.1. The van der Waals surface area contributed by atoms with Crippen LogP contribution in [0.15, 0.2) is 0 Å². The quantitative estimate of drug-likeness (QED) is 0.199. The molecule has 0 unspecified atom stereocenters. The van der Waals surface area contributed by atoms with Crippen LogP contribution < -0.4 is 17.0 Å². The monoisotopic (exact) mass is 379 g/mol. The molecule has 3 nitrogen and oxygen atoms in total. The molecule has 0 N–H and O–H groups in total. The average Bonchev–Trinajstić information content (AvgIpc) is 2.42. The van der Waals surface area contributed by atoms with Crippen LogP contribution in [-0.4, -0.2) is 38.3 Å². The Labute approximate surface area is 149 Å². The van der Waals surface area contributed by atoms with E-state index in [9.17, 15) is 4.79 Å². The first kappa shape index (κ1) is 24.2. The van der Waals surface area contributed by atoms with E-state index in [1.54, 1.807) is 0 Å². The second-order valence-electron chi connectivity index (χ2n) is 7.22. The minimum Gasteiger partial charge on any atom is -1.00 e. The van der Waals surface area contributed by atoms with Crippen LogP contribution in [0.4, 0.5) is 0 Å². The van der Waals surface area contributed by atoms with Crippen LogP contribution in [0.25, 0.3) is 0 Å². The Balaban J connectivity index is 0. The molecular weight excluding hydrogens is 342 g/mol. The number of halogens is 1. The van der Waals surface area contributed by atoms with Gasteiger partial charge in [0.2, 0.25) is 6.73 Å². The van der Waals surface area contributed by atoms with Crippen molar-refractivity contribution in [1.29, 1.82) is 0 Å². The van der Waals surface area contributed by atoms with Gasteiger partial charge in [-0.3, -0.25) is 9.28 Å². The molecule has 0 aliphatic carbocycles. The fraction of sp³-hybridized carbons (Fsp3) is 0.944. The molecule has 0 atom stereocenters. The summed E-state index contributed by atoms with van der Waals surface area (Å²) in [5.74, 6) is -0.0426. The van der Waals surface area contributed by atoms with Crippen molar-refractivity contribution in [2.45, 2.75) is 84.0 Å². The van der Waals surface area contributed by atoms with Crippen molar-refractivity contribution < 1.29 is 31.0 Å². The average molecular weight is 380 g/mol. The van der Waals surface area contributed by atoms with E-state index in [2.05, 4.69) is 6.92 Å². The van der Waals surface area contributed by atoms with Crippen molar-refractivity contribution in [3.05, 3.63) is 0 Å². The highest BCUT2D eigenvalue weighted by molar-refractivity contribution is 5.69. The standard InChI is InChI=1S/C18H38NO2.BrH/c1-5-6-7-8-9-10-11-12-13-14-15-16-18(20)21-17-19(2,3)4;/h5-17H2,1-4H3;1H/q+1;/p-1. The summed E-state index contributed by atoms with van der Waals surface area (Å²) in [6.45, 7) is 2.73. The van der Waals surface area contributed by atoms with Crippen molar-refractivity contribution in [3.63, 3.8) is 0 Å². The van der Waals surface area contributed by atoms with Crippen LogP contribution in [-0.2, 0) is 9.53 Å². The third-order valence-electron chi connectivity index (χ3n) is 3.60. The number of unbranched alkanes of at least 4 members (excludes halogenated alkanes) is 10. The third-order valence-corrected chi connectivity index (χ3v) is 3.60. The zero-order chi connectivity index (χ0) is 16.0. The molecular formula is C18H38BrNO2. The summed E-state index contributed by atoms with van der Waals surface area (Å²) in [5, 5.41) is 0. The molecule has 0 saturated heterocycles. The summed E-state index contributed by atoms with van der Waals surface area (Å²) in [4.78, 5) is 11.5. The topological polar surface area (TPSA) is 26.3 Å². The predicted octanol–water partition coefficient (Wildman–Crippen LogP) is 1.90. The van der Waals surface area contributed by atoms with Gasteiger partial charge in [-0.05, 0) is 6.42 Å². The molecule has 0 radical (unpaired) electrons. The van der Waals surface area contributed by atoms with E-state index in [4.69, 9.17) is 4.74 Å². The highest BCUT2D eigenvalue weighted by Crippen LogP contribution is 2.12. The van der Waals surface area contributed by atoms with E-state index in [1.165, 1.54) is 57.8 Å². The number of carbonyl (C=O) groups is 1. The lowest BCUT2D eigenvalue weighted by molar-refractivity contribution is -0.888. The Morgan fingerprint density at radius 3 is 1.59 bits per heavy atom. The van der Waals surface area contributed by atoms with E-state index in [-0.39, 0.29) is 23.0 Å². The predicted molar refractivity (Wildman–Crippen MR) is 90.1 cm³/mol. The number of carbonyl (C=O) groups excluding carboxylic acids is 1. The Kier molecular flexibility index (Phi) is 17.3. The third kappa shape index (κ3) is 19.9. The number of quaternary nitrogens is 1. The van der Waals surface area contributed by atoms with E-state index >= 15 is 0 Å². The number of nitrogens with zero attached hydrogens (tertiary/aromatic N) is 1. The van der Waals surface area contributed by atoms with Gasteiger partial charge >= 0.3 is 5.97 Å². The summed E-state index contributed by atoms with van der Waals surface area (Å²) in [7, 11) is 6.07. The summed E-state index contributed by atoms with van der Waals surface area (Å²) in [6, 6.07) is 0. The smallest absolute Gasteiger partial charge is 0.310 e. The Hall–Kier alpha value is -0.0900. The summed E-state index contributed by atoms with van der Waals surface area (Å²) < 4.78 is 5.90. The number of hydrogen-bond acceptors (Lipinski definition) is 2. The van der Waals surface area contributed by atoms with Crippen molar-refractivity contribution in [1.82, 2.24) is 0 Å². The molecule has 0 heterocycles. The van der Waals surface area contributed by atoms with Gasteiger partial charge in [0.25, 0.3) is 0 Å². The SMILES string of the molecule is CCCCCCCCCCCCCC(=O)OC[N+](C)(C)C.[Br-]. The molecule has 0 aliphatic heterocycles. The maximum absolute atomic E-state index is 11.5. The first-order valence-corrected chi connectivity index (χ1v) is 8.92. The van der Waals surface area contributed by atoms with Crippen molar-refractivity contribution >= 4 is 5.97 Å². The first-order chi connectivity index (χ1) is 9.95. The van der Waals surface area contributed by atoms with Gasteiger partial charge in [-0.25, -0.2) is 0 Å². The summed E-state index contributed by atoms with van der Waals surface area (Å²) in [6.07, 6.45) is 15.0. The highest BCUT2D eigenvalue weighted by Gasteiger charge is 2.10. The summed E-state index contributed by atoms with van der Waals surface area (Å²) >= 11 is 0. The fourth-order valence-electron chi connectivity index (χ4n) is 2.27. The molecule has 22 heavy (non-hydrogen) atoms. The van der Waals surface area contributed by atoms with Gasteiger partial charge in [-0.15, -0.1) is 0 Å². The lowest BCUT2D eigenvalue weighted by atomic mass is 10.1. The Morgan fingerprint density at radius 2 is 1.18 bits per heavy atom. The van der Waals surface area contributed by atoms with Gasteiger partial charge in [0.1, 0.15) is 0 Å². The highest BCUT2D eigenvalue weighted by atomic mass is 79.9. The minimum absolute atomic E-state index is 0. The summed E-state index contributed by atoms with van der Waals surface area (Å²) in [5.41, 5.74) is 0. The number of esters is 1. The van der Waals surface area contributed by atoms with Crippen LogP contribution in [0, 0.1) is 0 Å². The van der Waals surface area contributed by atoms with Gasteiger partial charge in [-0.1, -0.05) is 71.1 Å². The molecule has 0 aliphatic rings. The number of hydrogen-bond donors (Lipinski definition) is 0. The second kappa shape index (κ2) is 15.8. The molecule has 0 fully saturated rings. The van der Waals surface area contributed by atoms with Crippen molar-refractivity contribution in [2.75, 3.05) is 27.9 Å². The molecule has 0 bridgehead atoms. The number of ether oxygens (including phenoxy) is 1. The zero-order valence-electron chi connectivity index (χ0n) is 15.3. The zero-order valence-corrected chi connectivity index (χ0v) is 16.9. The Bertz CT molecular complexity index is 252. The molecule has 0 amide bonds. The van der Waals surface area contributed by atoms with Gasteiger partial charge in [0.15, 0.2) is 0 Å². The lowest BCUT2D eigenvalue weighted by Gasteiger charge is -2.22. The van der Waals surface area contributed by atoms with E-state index < -0.39 is 0 Å². The van der Waals surface area contributed by atoms with E-state index in [1.807, 2.05) is 21.1 Å². The molecule has 0 aromatic carbocycles. The molecule has 0 aromatic rings. The maximum Gasteiger partial charge on any atom is 0.310 e. The van der Waals surface area contributed by atoms with Crippen LogP contribution >= 0.6 is 0 Å². The van der Waals surface area contributed by atoms with Crippen molar-refractivity contribution in [3.8, 4) is 0 Å². The van der Waals surface area contributed by atoms with Crippen LogP contribution in [0.5, 0.6) is 0 Å². The van der Waals surface area contributed by atoms with Crippen molar-refractivity contribution in [2.24, 2.45) is 0 Å². The minimum atomic E-state index is -0.0426. The molecule has 0 aromatic heterocycles. The molecule has 0 rings (SSSR count). The van der Waals surface area contributed by atoms with Gasteiger partial charge in [0, 0.05) is 6.42 Å². The lowest BCUT2D eigenvalue weighted by Crippen LogP contribution is -3.00. The van der Waals surface area contributed by atoms with Gasteiger partial charge in [0.05, 0.1) is 21.1 Å². The molecule has 0 saturated carbocycles. The first-order valence-electron chi connectivity index (χ1n) is 8.92. The van der Waals surface area contributed by atoms with Crippen LogP contribution in [0.1, 0.15) is 84.0 Å².